The Kier molecular flexibility index (Phi) is 7.27. The van der Waals surface area contributed by atoms with Crippen LogP contribution >= 0.6 is 0 Å². The van der Waals surface area contributed by atoms with Gasteiger partial charge in [0.05, 0.1) is 43.9 Å². The van der Waals surface area contributed by atoms with Gasteiger partial charge in [0.25, 0.3) is 0 Å². The average molecular weight is 495 g/mol. The molecule has 0 unspecified atom stereocenters. The van der Waals surface area contributed by atoms with Crippen molar-refractivity contribution in [1.29, 1.82) is 10.5 Å². The van der Waals surface area contributed by atoms with Crippen LogP contribution in [0.25, 0.3) is 17.2 Å². The van der Waals surface area contributed by atoms with E-state index in [0.29, 0.717) is 39.7 Å². The molecule has 4 rings (SSSR count). The largest absolute Gasteiger partial charge is 0.495 e. The van der Waals surface area contributed by atoms with Gasteiger partial charge >= 0.3 is 5.97 Å². The Morgan fingerprint density at radius 3 is 2.59 bits per heavy atom. The predicted molar refractivity (Wildman–Crippen MR) is 137 cm³/mol. The number of aryl methyl sites for hydroxylation is 1. The molecule has 37 heavy (non-hydrogen) atoms. The maximum absolute atomic E-state index is 12.0. The summed E-state index contributed by atoms with van der Waals surface area (Å²) < 4.78 is 12.0. The molecule has 0 radical (unpaired) electrons. The molecular formula is C26H22N8O3. The van der Waals surface area contributed by atoms with Crippen LogP contribution < -0.4 is 15.4 Å². The molecule has 11 nitrogen and oxygen atoms in total. The molecule has 0 saturated heterocycles. The minimum absolute atomic E-state index is 0.0813. The first-order chi connectivity index (χ1) is 17.9. The summed E-state index contributed by atoms with van der Waals surface area (Å²) in [4.78, 5) is 25.6. The molecule has 11 heteroatoms. The number of hydrogen-bond acceptors (Lipinski definition) is 10. The van der Waals surface area contributed by atoms with Gasteiger partial charge in [-0.05, 0) is 60.5 Å². The van der Waals surface area contributed by atoms with Crippen molar-refractivity contribution in [1.82, 2.24) is 19.5 Å². The molecule has 0 saturated carbocycles. The third kappa shape index (κ3) is 5.47. The maximum atomic E-state index is 12.0. The van der Waals surface area contributed by atoms with E-state index in [2.05, 4.69) is 31.7 Å². The predicted octanol–water partition coefficient (Wildman–Crippen LogP) is 4.21. The normalized spacial score (nSPS) is 10.6. The van der Waals surface area contributed by atoms with Gasteiger partial charge in [-0.15, -0.1) is 0 Å². The Bertz CT molecular complexity index is 1580. The first kappa shape index (κ1) is 24.7. The van der Waals surface area contributed by atoms with Crippen LogP contribution in [0.15, 0.2) is 48.8 Å². The summed E-state index contributed by atoms with van der Waals surface area (Å²) in [6.07, 6.45) is 4.58. The number of imidazole rings is 1. The number of carbonyl (C=O) groups excluding carboxylic acids is 1. The van der Waals surface area contributed by atoms with Gasteiger partial charge in [0, 0.05) is 11.8 Å². The third-order valence-corrected chi connectivity index (χ3v) is 5.40. The summed E-state index contributed by atoms with van der Waals surface area (Å²) >= 11 is 0. The van der Waals surface area contributed by atoms with E-state index in [0.717, 1.165) is 11.1 Å². The Labute approximate surface area is 212 Å². The quantitative estimate of drug-likeness (QED) is 0.269. The van der Waals surface area contributed by atoms with E-state index in [1.165, 1.54) is 19.5 Å². The number of carbonyl (C=O) groups is 1. The molecule has 0 spiro atoms. The Hall–Kier alpha value is -5.42. The zero-order valence-corrected chi connectivity index (χ0v) is 20.3. The molecule has 0 fully saturated rings. The summed E-state index contributed by atoms with van der Waals surface area (Å²) in [5, 5.41) is 24.3. The number of esters is 1. The van der Waals surface area contributed by atoms with E-state index >= 15 is 0 Å². The molecule has 0 atom stereocenters. The molecule has 4 aromatic rings. The lowest BCUT2D eigenvalue weighted by molar-refractivity contribution is -0.141. The second kappa shape index (κ2) is 10.9. The molecule has 0 amide bonds. The minimum Gasteiger partial charge on any atom is -0.495 e. The van der Waals surface area contributed by atoms with Crippen molar-refractivity contribution < 1.29 is 14.3 Å². The van der Waals surface area contributed by atoms with Crippen LogP contribution in [0.1, 0.15) is 16.7 Å². The Morgan fingerprint density at radius 1 is 1.14 bits per heavy atom. The number of allylic oxidation sites excluding steroid dienone is 1. The summed E-state index contributed by atoms with van der Waals surface area (Å²) in [6, 6.07) is 14.6. The van der Waals surface area contributed by atoms with Gasteiger partial charge < -0.3 is 24.7 Å². The number of hydrogen-bond donors (Lipinski definition) is 2. The number of methoxy groups -OCH3 is 2. The monoisotopic (exact) mass is 494 g/mol. The van der Waals surface area contributed by atoms with Gasteiger partial charge in [-0.25, -0.2) is 4.98 Å². The second-order valence-electron chi connectivity index (χ2n) is 7.83. The van der Waals surface area contributed by atoms with E-state index < -0.39 is 5.97 Å². The number of benzene rings is 2. The van der Waals surface area contributed by atoms with E-state index in [1.54, 1.807) is 48.1 Å². The van der Waals surface area contributed by atoms with Crippen molar-refractivity contribution in [2.45, 2.75) is 13.5 Å². The number of nitrogens with zero attached hydrogens (tertiary/aromatic N) is 6. The summed E-state index contributed by atoms with van der Waals surface area (Å²) in [6.45, 7) is 1.82. The first-order valence-corrected chi connectivity index (χ1v) is 11.0. The standard InChI is InChI=1S/C26H22N8O3/c1-16-11-18(5-4-10-27)12-20(36-2)22(16)31-24-23-25(34(15-29-23)14-21(35)37-3)33-26(32-24)30-19-8-6-17(13-28)7-9-19/h4-9,11-12,15H,14H2,1-3H3,(H2,30,31,32,33)/b5-4+. The van der Waals surface area contributed by atoms with Crippen molar-refractivity contribution in [3.05, 3.63) is 65.5 Å². The fraction of sp³-hybridized carbons (Fsp3) is 0.154. The van der Waals surface area contributed by atoms with Crippen molar-refractivity contribution in [3.63, 3.8) is 0 Å². The van der Waals surface area contributed by atoms with Crippen LogP contribution in [0, 0.1) is 29.6 Å². The summed E-state index contributed by atoms with van der Waals surface area (Å²) in [5.74, 6) is 0.718. The van der Waals surface area contributed by atoms with Crippen molar-refractivity contribution in [3.8, 4) is 17.9 Å². The van der Waals surface area contributed by atoms with Crippen LogP contribution in [0.3, 0.4) is 0 Å². The van der Waals surface area contributed by atoms with E-state index in [1.807, 2.05) is 19.1 Å². The lowest BCUT2D eigenvalue weighted by Crippen LogP contribution is -2.12. The third-order valence-electron chi connectivity index (χ3n) is 5.40. The number of aromatic nitrogens is 4. The second-order valence-corrected chi connectivity index (χ2v) is 7.83. The Morgan fingerprint density at radius 2 is 1.92 bits per heavy atom. The van der Waals surface area contributed by atoms with Gasteiger partial charge in [-0.2, -0.15) is 20.5 Å². The van der Waals surface area contributed by atoms with E-state index in [4.69, 9.17) is 20.0 Å². The highest BCUT2D eigenvalue weighted by molar-refractivity contribution is 5.89. The van der Waals surface area contributed by atoms with Crippen LogP contribution in [-0.4, -0.2) is 39.7 Å². The van der Waals surface area contributed by atoms with Crippen molar-refractivity contribution in [2.24, 2.45) is 0 Å². The maximum Gasteiger partial charge on any atom is 0.325 e. The highest BCUT2D eigenvalue weighted by atomic mass is 16.5. The van der Waals surface area contributed by atoms with Crippen LogP contribution in [-0.2, 0) is 16.1 Å². The lowest BCUT2D eigenvalue weighted by Gasteiger charge is -2.16. The van der Waals surface area contributed by atoms with Crippen LogP contribution in [0.2, 0.25) is 0 Å². The number of nitrogens with one attached hydrogen (secondary N) is 2. The first-order valence-electron chi connectivity index (χ1n) is 11.0. The highest BCUT2D eigenvalue weighted by Crippen LogP contribution is 2.35. The van der Waals surface area contributed by atoms with Gasteiger partial charge in [-0.1, -0.05) is 0 Å². The number of anilines is 4. The molecule has 0 aliphatic heterocycles. The number of rotatable bonds is 8. The van der Waals surface area contributed by atoms with Gasteiger partial charge in [0.15, 0.2) is 17.0 Å². The zero-order valence-electron chi connectivity index (χ0n) is 20.3. The molecule has 2 heterocycles. The van der Waals surface area contributed by atoms with Crippen LogP contribution in [0.4, 0.5) is 23.1 Å². The van der Waals surface area contributed by atoms with Gasteiger partial charge in [0.1, 0.15) is 12.3 Å². The lowest BCUT2D eigenvalue weighted by atomic mass is 10.1. The fourth-order valence-corrected chi connectivity index (χ4v) is 3.61. The molecule has 2 aromatic carbocycles. The number of fused-ring (bicyclic) bond motifs is 1. The molecule has 2 aromatic heterocycles. The van der Waals surface area contributed by atoms with Crippen LogP contribution in [0.5, 0.6) is 5.75 Å². The van der Waals surface area contributed by atoms with Gasteiger partial charge in [-0.3, -0.25) is 4.79 Å². The number of ether oxygens (including phenoxy) is 2. The topological polar surface area (TPSA) is 151 Å². The van der Waals surface area contributed by atoms with Gasteiger partial charge in [0.2, 0.25) is 5.95 Å². The molecule has 184 valence electrons. The SMILES string of the molecule is COC(=O)Cn1cnc2c(Nc3c(C)cc(/C=C/C#N)cc3OC)nc(Nc3ccc(C#N)cc3)nc21. The smallest absolute Gasteiger partial charge is 0.325 e. The van der Waals surface area contributed by atoms with Crippen molar-refractivity contribution in [2.75, 3.05) is 24.9 Å². The molecule has 0 aliphatic rings. The van der Waals surface area contributed by atoms with E-state index in [-0.39, 0.29) is 12.5 Å². The van der Waals surface area contributed by atoms with E-state index in [9.17, 15) is 4.79 Å². The molecule has 0 bridgehead atoms. The van der Waals surface area contributed by atoms with Crippen molar-refractivity contribution >= 4 is 46.4 Å². The zero-order chi connectivity index (χ0) is 26.4. The summed E-state index contributed by atoms with van der Waals surface area (Å²) in [7, 11) is 2.86. The average Bonchev–Trinajstić information content (AvgIpc) is 3.31. The number of nitriles is 2. The Balaban J connectivity index is 1.80. The molecule has 2 N–H and O–H groups in total. The molecular weight excluding hydrogens is 472 g/mol. The minimum atomic E-state index is -0.451. The molecule has 0 aliphatic carbocycles. The highest BCUT2D eigenvalue weighted by Gasteiger charge is 2.18. The summed E-state index contributed by atoms with van der Waals surface area (Å²) in [5.41, 5.74) is 4.35. The fourth-order valence-electron chi connectivity index (χ4n) is 3.61.